The van der Waals surface area contributed by atoms with E-state index in [9.17, 15) is 9.18 Å². The second-order valence-corrected chi connectivity index (χ2v) is 4.50. The molecule has 110 valence electrons. The van der Waals surface area contributed by atoms with Gasteiger partial charge in [-0.1, -0.05) is 6.07 Å². The van der Waals surface area contributed by atoms with Gasteiger partial charge in [0.05, 0.1) is 7.11 Å². The Kier molecular flexibility index (Phi) is 6.73. The molecule has 0 spiro atoms. The van der Waals surface area contributed by atoms with Crippen molar-refractivity contribution in [3.8, 4) is 5.75 Å². The molecule has 0 aliphatic rings. The molecule has 0 saturated carbocycles. The molecule has 0 bridgehead atoms. The van der Waals surface area contributed by atoms with Crippen molar-refractivity contribution < 1.29 is 19.0 Å². The van der Waals surface area contributed by atoms with Crippen LogP contribution in [0.15, 0.2) is 24.3 Å². The lowest BCUT2D eigenvalue weighted by molar-refractivity contribution is -0.117. The van der Waals surface area contributed by atoms with Crippen LogP contribution < -0.4 is 10.1 Å². The van der Waals surface area contributed by atoms with Crippen molar-refractivity contribution in [1.82, 2.24) is 5.32 Å². The Morgan fingerprint density at radius 2 is 2.30 bits per heavy atom. The monoisotopic (exact) mass is 281 g/mol. The van der Waals surface area contributed by atoms with Gasteiger partial charge in [0, 0.05) is 18.7 Å². The first-order valence-corrected chi connectivity index (χ1v) is 6.49. The highest BCUT2D eigenvalue weighted by Crippen LogP contribution is 2.18. The van der Waals surface area contributed by atoms with Crippen LogP contribution in [0.5, 0.6) is 5.75 Å². The molecule has 0 radical (unpaired) electrons. The van der Waals surface area contributed by atoms with E-state index in [0.717, 1.165) is 0 Å². The summed E-state index contributed by atoms with van der Waals surface area (Å²) in [4.78, 5) is 11.6. The minimum absolute atomic E-state index is 0.00750. The number of methoxy groups -OCH3 is 1. The molecule has 1 amide bonds. The van der Waals surface area contributed by atoms with E-state index in [1.165, 1.54) is 31.4 Å². The summed E-state index contributed by atoms with van der Waals surface area (Å²) in [6.07, 6.45) is 4.26. The largest absolute Gasteiger partial charge is 0.494 e. The molecule has 5 heteroatoms. The second kappa shape index (κ2) is 8.32. The second-order valence-electron chi connectivity index (χ2n) is 4.50. The molecule has 0 aliphatic carbocycles. The zero-order valence-corrected chi connectivity index (χ0v) is 11.7. The van der Waals surface area contributed by atoms with E-state index in [1.54, 1.807) is 6.07 Å². The van der Waals surface area contributed by atoms with Crippen LogP contribution in [0.1, 0.15) is 25.3 Å². The number of hydrogen-bond acceptors (Lipinski definition) is 3. The van der Waals surface area contributed by atoms with Crippen molar-refractivity contribution in [1.29, 1.82) is 0 Å². The summed E-state index contributed by atoms with van der Waals surface area (Å²) in [6, 6.07) is 4.47. The minimum atomic E-state index is -0.466. The summed E-state index contributed by atoms with van der Waals surface area (Å²) in [5, 5.41) is 11.5. The predicted molar refractivity (Wildman–Crippen MR) is 75.9 cm³/mol. The molecule has 0 fully saturated rings. The Morgan fingerprint density at radius 1 is 1.55 bits per heavy atom. The third kappa shape index (κ3) is 5.40. The van der Waals surface area contributed by atoms with Gasteiger partial charge in [-0.05, 0) is 43.5 Å². The highest BCUT2D eigenvalue weighted by molar-refractivity contribution is 5.91. The minimum Gasteiger partial charge on any atom is -0.494 e. The Bertz CT molecular complexity index is 474. The quantitative estimate of drug-likeness (QED) is 0.753. The van der Waals surface area contributed by atoms with E-state index in [-0.39, 0.29) is 24.3 Å². The lowest BCUT2D eigenvalue weighted by Gasteiger charge is -2.11. The maximum Gasteiger partial charge on any atom is 0.244 e. The van der Waals surface area contributed by atoms with Crippen LogP contribution in [0.4, 0.5) is 4.39 Å². The van der Waals surface area contributed by atoms with Gasteiger partial charge in [-0.2, -0.15) is 0 Å². The van der Waals surface area contributed by atoms with Crippen molar-refractivity contribution in [2.45, 2.75) is 25.8 Å². The van der Waals surface area contributed by atoms with E-state index in [0.29, 0.717) is 18.4 Å². The highest BCUT2D eigenvalue weighted by atomic mass is 19.1. The predicted octanol–water partition coefficient (Wildman–Crippen LogP) is 2.12. The first-order valence-electron chi connectivity index (χ1n) is 6.49. The van der Waals surface area contributed by atoms with Crippen molar-refractivity contribution in [2.24, 2.45) is 0 Å². The number of aliphatic hydroxyl groups excluding tert-OH is 1. The van der Waals surface area contributed by atoms with Gasteiger partial charge in [0.15, 0.2) is 11.6 Å². The zero-order valence-electron chi connectivity index (χ0n) is 11.7. The number of nitrogens with one attached hydrogen (secondary N) is 1. The maximum atomic E-state index is 13.4. The van der Waals surface area contributed by atoms with Gasteiger partial charge in [-0.15, -0.1) is 0 Å². The van der Waals surface area contributed by atoms with Crippen LogP contribution in [0.25, 0.3) is 6.08 Å². The Hall–Kier alpha value is -1.88. The lowest BCUT2D eigenvalue weighted by Crippen LogP contribution is -2.31. The number of aliphatic hydroxyl groups is 1. The Labute approximate surface area is 118 Å². The number of ether oxygens (including phenoxy) is 1. The molecule has 1 rings (SSSR count). The first-order chi connectivity index (χ1) is 9.56. The van der Waals surface area contributed by atoms with Crippen LogP contribution in [-0.4, -0.2) is 30.8 Å². The number of carbonyl (C=O) groups is 1. The molecule has 0 aliphatic heterocycles. The third-order valence-electron chi connectivity index (χ3n) is 2.79. The van der Waals surface area contributed by atoms with Crippen molar-refractivity contribution in [2.75, 3.05) is 13.7 Å². The van der Waals surface area contributed by atoms with Crippen LogP contribution in [0.3, 0.4) is 0 Å². The zero-order chi connectivity index (χ0) is 15.0. The molecule has 1 unspecified atom stereocenters. The number of rotatable bonds is 7. The fourth-order valence-corrected chi connectivity index (χ4v) is 1.72. The fourth-order valence-electron chi connectivity index (χ4n) is 1.72. The van der Waals surface area contributed by atoms with Gasteiger partial charge in [0.1, 0.15) is 0 Å². The van der Waals surface area contributed by atoms with Crippen LogP contribution in [0, 0.1) is 5.82 Å². The number of halogens is 1. The standard InChI is InChI=1S/C15H20FNO3/c1-11(4-3-9-18)17-15(19)8-6-12-5-7-14(20-2)13(16)10-12/h5-8,10-11,18H,3-4,9H2,1-2H3,(H,17,19)/b8-6+. The lowest BCUT2D eigenvalue weighted by atomic mass is 10.1. The van der Waals surface area contributed by atoms with Crippen molar-refractivity contribution in [3.63, 3.8) is 0 Å². The molecular weight excluding hydrogens is 261 g/mol. The average Bonchev–Trinajstić information content (AvgIpc) is 2.43. The van der Waals surface area contributed by atoms with E-state index >= 15 is 0 Å². The van der Waals surface area contributed by atoms with Crippen LogP contribution in [-0.2, 0) is 4.79 Å². The number of amides is 1. The SMILES string of the molecule is COc1ccc(/C=C/C(=O)NC(C)CCCO)cc1F. The van der Waals surface area contributed by atoms with Gasteiger partial charge >= 0.3 is 0 Å². The molecule has 2 N–H and O–H groups in total. The van der Waals surface area contributed by atoms with Gasteiger partial charge in [0.2, 0.25) is 5.91 Å². The number of carbonyl (C=O) groups excluding carboxylic acids is 1. The summed E-state index contributed by atoms with van der Waals surface area (Å²) in [6.45, 7) is 1.98. The number of benzene rings is 1. The highest BCUT2D eigenvalue weighted by Gasteiger charge is 2.05. The van der Waals surface area contributed by atoms with E-state index in [2.05, 4.69) is 5.32 Å². The van der Waals surface area contributed by atoms with Crippen LogP contribution >= 0.6 is 0 Å². The van der Waals surface area contributed by atoms with Gasteiger partial charge in [-0.25, -0.2) is 4.39 Å². The van der Waals surface area contributed by atoms with E-state index < -0.39 is 5.82 Å². The van der Waals surface area contributed by atoms with Crippen molar-refractivity contribution >= 4 is 12.0 Å². The fraction of sp³-hybridized carbons (Fsp3) is 0.400. The average molecular weight is 281 g/mol. The molecular formula is C15H20FNO3. The summed E-state index contributed by atoms with van der Waals surface area (Å²) in [7, 11) is 1.40. The molecule has 4 nitrogen and oxygen atoms in total. The number of hydrogen-bond donors (Lipinski definition) is 2. The summed E-state index contributed by atoms with van der Waals surface area (Å²) in [5.41, 5.74) is 0.585. The molecule has 0 aromatic heterocycles. The normalized spacial score (nSPS) is 12.4. The third-order valence-corrected chi connectivity index (χ3v) is 2.79. The smallest absolute Gasteiger partial charge is 0.244 e. The first kappa shape index (κ1) is 16.2. The summed E-state index contributed by atoms with van der Waals surface area (Å²) >= 11 is 0. The Balaban J connectivity index is 2.54. The molecule has 0 heterocycles. The molecule has 1 atom stereocenters. The molecule has 1 aromatic rings. The topological polar surface area (TPSA) is 58.6 Å². The van der Waals surface area contributed by atoms with Crippen LogP contribution in [0.2, 0.25) is 0 Å². The van der Waals surface area contributed by atoms with E-state index in [1.807, 2.05) is 6.92 Å². The van der Waals surface area contributed by atoms with Crippen molar-refractivity contribution in [3.05, 3.63) is 35.7 Å². The maximum absolute atomic E-state index is 13.4. The van der Waals surface area contributed by atoms with Gasteiger partial charge < -0.3 is 15.2 Å². The summed E-state index contributed by atoms with van der Waals surface area (Å²) in [5.74, 6) is -0.540. The Morgan fingerprint density at radius 3 is 2.90 bits per heavy atom. The molecule has 20 heavy (non-hydrogen) atoms. The van der Waals surface area contributed by atoms with E-state index in [4.69, 9.17) is 9.84 Å². The molecule has 0 saturated heterocycles. The molecule has 1 aromatic carbocycles. The van der Waals surface area contributed by atoms with Gasteiger partial charge in [0.25, 0.3) is 0 Å². The summed E-state index contributed by atoms with van der Waals surface area (Å²) < 4.78 is 18.3. The van der Waals surface area contributed by atoms with Gasteiger partial charge in [-0.3, -0.25) is 4.79 Å².